The van der Waals surface area contributed by atoms with Gasteiger partial charge in [-0.25, -0.2) is 0 Å². The molecule has 2 aromatic carbocycles. The number of carbonyl (C=O) groups is 2. The highest BCUT2D eigenvalue weighted by Gasteiger charge is 2.46. The van der Waals surface area contributed by atoms with E-state index in [1.54, 1.807) is 18.2 Å². The first kappa shape index (κ1) is 24.6. The van der Waals surface area contributed by atoms with Crippen molar-refractivity contribution < 1.29 is 33.6 Å². The van der Waals surface area contributed by atoms with Crippen LogP contribution in [0.3, 0.4) is 0 Å². The Labute approximate surface area is 205 Å². The number of aliphatic hydroxyl groups is 1. The van der Waals surface area contributed by atoms with E-state index in [1.807, 2.05) is 24.3 Å². The fraction of sp³-hybridized carbons (Fsp3) is 0.407. The van der Waals surface area contributed by atoms with Crippen LogP contribution in [0.2, 0.25) is 0 Å². The largest absolute Gasteiger partial charge is 0.507 e. The molecule has 1 atom stereocenters. The van der Waals surface area contributed by atoms with Gasteiger partial charge in [-0.05, 0) is 42.3 Å². The molecule has 8 nitrogen and oxygen atoms in total. The molecule has 1 N–H and O–H groups in total. The van der Waals surface area contributed by atoms with Crippen molar-refractivity contribution in [2.45, 2.75) is 32.2 Å². The standard InChI is InChI=1S/C27H31NO7/c1-3-4-5-12-33-20-8-6-7-18(16-20)24-23(26(30)27(31)28(24)11-13-32-2)25(29)19-9-10-21-22(17-19)35-15-14-34-21/h6-10,16-17,24,29H,3-5,11-15H2,1-2H3/b25-23+/t24-/m0/s1. The zero-order valence-electron chi connectivity index (χ0n) is 20.1. The van der Waals surface area contributed by atoms with Crippen molar-refractivity contribution in [2.24, 2.45) is 0 Å². The number of rotatable bonds is 10. The van der Waals surface area contributed by atoms with Crippen molar-refractivity contribution in [3.05, 3.63) is 59.2 Å². The highest BCUT2D eigenvalue weighted by atomic mass is 16.6. The van der Waals surface area contributed by atoms with Gasteiger partial charge in [-0.3, -0.25) is 9.59 Å². The first-order valence-electron chi connectivity index (χ1n) is 11.9. The lowest BCUT2D eigenvalue weighted by Crippen LogP contribution is -2.32. The minimum absolute atomic E-state index is 0.0194. The van der Waals surface area contributed by atoms with E-state index in [9.17, 15) is 14.7 Å². The number of likely N-dealkylation sites (tertiary alicyclic amines) is 1. The van der Waals surface area contributed by atoms with Crippen LogP contribution in [0.1, 0.15) is 43.4 Å². The average molecular weight is 482 g/mol. The number of aliphatic hydroxyl groups excluding tert-OH is 1. The second kappa shape index (κ2) is 11.3. The minimum Gasteiger partial charge on any atom is -0.507 e. The summed E-state index contributed by atoms with van der Waals surface area (Å²) in [7, 11) is 1.53. The summed E-state index contributed by atoms with van der Waals surface area (Å²) in [6, 6.07) is 11.5. The Morgan fingerprint density at radius 3 is 2.63 bits per heavy atom. The summed E-state index contributed by atoms with van der Waals surface area (Å²) in [5.74, 6) is 0.00805. The molecule has 2 aliphatic rings. The molecule has 8 heteroatoms. The van der Waals surface area contributed by atoms with Crippen LogP contribution in [0, 0.1) is 0 Å². The smallest absolute Gasteiger partial charge is 0.295 e. The SMILES string of the molecule is CCCCCOc1cccc([C@H]2/C(=C(\O)c3ccc4c(c3)OCCO4)C(=O)C(=O)N2CCOC)c1. The number of carbonyl (C=O) groups excluding carboxylic acids is 2. The maximum atomic E-state index is 13.2. The van der Waals surface area contributed by atoms with Crippen LogP contribution < -0.4 is 14.2 Å². The molecule has 2 aromatic rings. The van der Waals surface area contributed by atoms with Crippen LogP contribution in [0.5, 0.6) is 17.2 Å². The van der Waals surface area contributed by atoms with Gasteiger partial charge in [-0.2, -0.15) is 0 Å². The molecule has 0 radical (unpaired) electrons. The van der Waals surface area contributed by atoms with E-state index in [0.29, 0.717) is 48.2 Å². The Morgan fingerprint density at radius 1 is 1.06 bits per heavy atom. The molecule has 0 saturated carbocycles. The molecule has 1 amide bonds. The normalized spacial score (nSPS) is 18.7. The van der Waals surface area contributed by atoms with Gasteiger partial charge in [0.05, 0.1) is 24.8 Å². The number of fused-ring (bicyclic) bond motifs is 1. The topological polar surface area (TPSA) is 94.5 Å². The second-order valence-corrected chi connectivity index (χ2v) is 8.47. The molecule has 0 spiro atoms. The van der Waals surface area contributed by atoms with Crippen LogP contribution in [-0.4, -0.2) is 61.8 Å². The van der Waals surface area contributed by atoms with Crippen molar-refractivity contribution in [3.63, 3.8) is 0 Å². The molecule has 35 heavy (non-hydrogen) atoms. The van der Waals surface area contributed by atoms with Gasteiger partial charge in [0.15, 0.2) is 11.5 Å². The molecule has 186 valence electrons. The summed E-state index contributed by atoms with van der Waals surface area (Å²) < 4.78 is 22.3. The molecule has 4 rings (SSSR count). The van der Waals surface area contributed by atoms with E-state index in [-0.39, 0.29) is 24.5 Å². The Morgan fingerprint density at radius 2 is 1.86 bits per heavy atom. The Hall–Kier alpha value is -3.52. The Kier molecular flexibility index (Phi) is 7.92. The van der Waals surface area contributed by atoms with Crippen molar-refractivity contribution in [1.29, 1.82) is 0 Å². The van der Waals surface area contributed by atoms with Crippen molar-refractivity contribution in [1.82, 2.24) is 4.90 Å². The van der Waals surface area contributed by atoms with E-state index >= 15 is 0 Å². The predicted molar refractivity (Wildman–Crippen MR) is 130 cm³/mol. The fourth-order valence-corrected chi connectivity index (χ4v) is 4.31. The molecular formula is C27H31NO7. The number of hydrogen-bond acceptors (Lipinski definition) is 7. The van der Waals surface area contributed by atoms with Gasteiger partial charge in [0.1, 0.15) is 24.7 Å². The molecule has 0 unspecified atom stereocenters. The molecule has 2 heterocycles. The third-order valence-electron chi connectivity index (χ3n) is 6.08. The molecule has 0 aliphatic carbocycles. The third kappa shape index (κ3) is 5.27. The van der Waals surface area contributed by atoms with E-state index in [0.717, 1.165) is 19.3 Å². The van der Waals surface area contributed by atoms with Gasteiger partial charge < -0.3 is 29.0 Å². The number of ketones is 1. The highest BCUT2D eigenvalue weighted by Crippen LogP contribution is 2.41. The summed E-state index contributed by atoms with van der Waals surface area (Å²) in [6.45, 7) is 4.00. The van der Waals surface area contributed by atoms with Gasteiger partial charge in [-0.15, -0.1) is 0 Å². The first-order valence-corrected chi connectivity index (χ1v) is 11.9. The number of nitrogens with zero attached hydrogens (tertiary/aromatic N) is 1. The van der Waals surface area contributed by atoms with Crippen LogP contribution >= 0.6 is 0 Å². The van der Waals surface area contributed by atoms with E-state index in [4.69, 9.17) is 18.9 Å². The molecular weight excluding hydrogens is 450 g/mol. The lowest BCUT2D eigenvalue weighted by molar-refractivity contribution is -0.140. The predicted octanol–water partition coefficient (Wildman–Crippen LogP) is 4.09. The summed E-state index contributed by atoms with van der Waals surface area (Å²) in [5, 5.41) is 11.3. The molecule has 2 aliphatic heterocycles. The molecule has 1 saturated heterocycles. The van der Waals surface area contributed by atoms with Crippen LogP contribution in [0.15, 0.2) is 48.0 Å². The number of ether oxygens (including phenoxy) is 4. The lowest BCUT2D eigenvalue weighted by Gasteiger charge is -2.25. The second-order valence-electron chi connectivity index (χ2n) is 8.47. The zero-order valence-corrected chi connectivity index (χ0v) is 20.1. The van der Waals surface area contributed by atoms with Crippen molar-refractivity contribution in [3.8, 4) is 17.2 Å². The van der Waals surface area contributed by atoms with Crippen LogP contribution in [-0.2, 0) is 14.3 Å². The van der Waals surface area contributed by atoms with E-state index in [2.05, 4.69) is 6.92 Å². The lowest BCUT2D eigenvalue weighted by atomic mass is 9.95. The number of amides is 1. The van der Waals surface area contributed by atoms with Gasteiger partial charge in [0.25, 0.3) is 11.7 Å². The number of hydrogen-bond donors (Lipinski definition) is 1. The van der Waals surface area contributed by atoms with Gasteiger partial charge in [0.2, 0.25) is 0 Å². The highest BCUT2D eigenvalue weighted by molar-refractivity contribution is 6.46. The minimum atomic E-state index is -0.780. The molecule has 0 aromatic heterocycles. The van der Waals surface area contributed by atoms with Crippen molar-refractivity contribution in [2.75, 3.05) is 40.1 Å². The quantitative estimate of drug-likeness (QED) is 0.236. The zero-order chi connectivity index (χ0) is 24.8. The van der Waals surface area contributed by atoms with Crippen LogP contribution in [0.4, 0.5) is 0 Å². The fourth-order valence-electron chi connectivity index (χ4n) is 4.31. The number of unbranched alkanes of at least 4 members (excludes halogenated alkanes) is 2. The summed E-state index contributed by atoms with van der Waals surface area (Å²) >= 11 is 0. The Bertz CT molecular complexity index is 1110. The summed E-state index contributed by atoms with van der Waals surface area (Å²) in [5.41, 5.74) is 1.06. The summed E-state index contributed by atoms with van der Waals surface area (Å²) in [4.78, 5) is 27.6. The van der Waals surface area contributed by atoms with E-state index < -0.39 is 17.7 Å². The average Bonchev–Trinajstić information content (AvgIpc) is 3.14. The molecule has 0 bridgehead atoms. The van der Waals surface area contributed by atoms with Gasteiger partial charge in [-0.1, -0.05) is 31.9 Å². The van der Waals surface area contributed by atoms with Gasteiger partial charge >= 0.3 is 0 Å². The maximum Gasteiger partial charge on any atom is 0.295 e. The number of methoxy groups -OCH3 is 1. The Balaban J connectivity index is 1.73. The van der Waals surface area contributed by atoms with Crippen molar-refractivity contribution >= 4 is 17.4 Å². The van der Waals surface area contributed by atoms with E-state index in [1.165, 1.54) is 12.0 Å². The summed E-state index contributed by atoms with van der Waals surface area (Å²) in [6.07, 6.45) is 3.11. The monoisotopic (exact) mass is 481 g/mol. The van der Waals surface area contributed by atoms with Gasteiger partial charge in [0, 0.05) is 19.2 Å². The number of Topliss-reactive ketones (excluding diaryl/α,β-unsaturated/α-hetero) is 1. The third-order valence-corrected chi connectivity index (χ3v) is 6.08. The first-order chi connectivity index (χ1) is 17.0. The molecule has 1 fully saturated rings. The number of benzene rings is 2. The van der Waals surface area contributed by atoms with Crippen LogP contribution in [0.25, 0.3) is 5.76 Å². The maximum absolute atomic E-state index is 13.2.